The lowest BCUT2D eigenvalue weighted by molar-refractivity contribution is 0.101. The molecule has 2 aromatic carbocycles. The molecule has 2 rings (SSSR count). The lowest BCUT2D eigenvalue weighted by Crippen LogP contribution is -2.13. The van der Waals surface area contributed by atoms with E-state index in [1.807, 2.05) is 6.92 Å². The van der Waals surface area contributed by atoms with Crippen LogP contribution < -0.4 is 14.8 Å². The molecule has 1 amide bonds. The maximum absolute atomic E-state index is 12.4. The Morgan fingerprint density at radius 2 is 1.92 bits per heavy atom. The minimum absolute atomic E-state index is 0.0723. The van der Waals surface area contributed by atoms with Crippen LogP contribution in [-0.4, -0.2) is 25.4 Å². The Balaban J connectivity index is 2.28. The Kier molecular flexibility index (Phi) is 5.82. The maximum Gasteiger partial charge on any atom is 0.255 e. The number of anilines is 1. The second-order valence-corrected chi connectivity index (χ2v) is 5.42. The topological polar surface area (TPSA) is 64.6 Å². The van der Waals surface area contributed by atoms with Gasteiger partial charge >= 0.3 is 0 Å². The van der Waals surface area contributed by atoms with Crippen molar-refractivity contribution in [3.63, 3.8) is 0 Å². The van der Waals surface area contributed by atoms with Crippen LogP contribution in [0.3, 0.4) is 0 Å². The summed E-state index contributed by atoms with van der Waals surface area (Å²) in [5, 5.41) is 3.03. The number of carbonyl (C=O) groups is 2. The number of carbonyl (C=O) groups excluding carboxylic acids is 2. The summed E-state index contributed by atoms with van der Waals surface area (Å²) in [6.07, 6.45) is 0. The van der Waals surface area contributed by atoms with Crippen LogP contribution >= 0.6 is 11.6 Å². The van der Waals surface area contributed by atoms with Gasteiger partial charge in [-0.05, 0) is 38.1 Å². The molecule has 0 spiro atoms. The highest BCUT2D eigenvalue weighted by molar-refractivity contribution is 6.32. The molecule has 0 heterocycles. The van der Waals surface area contributed by atoms with Gasteiger partial charge in [-0.15, -0.1) is 0 Å². The lowest BCUT2D eigenvalue weighted by Gasteiger charge is -2.13. The van der Waals surface area contributed by atoms with E-state index in [-0.39, 0.29) is 11.7 Å². The van der Waals surface area contributed by atoms with Crippen LogP contribution in [0.25, 0.3) is 0 Å². The van der Waals surface area contributed by atoms with Gasteiger partial charge in [-0.2, -0.15) is 0 Å². The molecule has 0 aliphatic heterocycles. The summed E-state index contributed by atoms with van der Waals surface area (Å²) in [6.45, 7) is 3.73. The third kappa shape index (κ3) is 4.06. The van der Waals surface area contributed by atoms with Crippen molar-refractivity contribution in [3.05, 3.63) is 52.5 Å². The molecule has 126 valence electrons. The van der Waals surface area contributed by atoms with Crippen molar-refractivity contribution in [2.24, 2.45) is 0 Å². The van der Waals surface area contributed by atoms with Crippen LogP contribution in [0.2, 0.25) is 5.02 Å². The van der Waals surface area contributed by atoms with E-state index in [0.717, 1.165) is 0 Å². The monoisotopic (exact) mass is 347 g/mol. The lowest BCUT2D eigenvalue weighted by atomic mass is 10.1. The number of ketones is 1. The van der Waals surface area contributed by atoms with Crippen molar-refractivity contribution in [1.29, 1.82) is 0 Å². The summed E-state index contributed by atoms with van der Waals surface area (Å²) in [7, 11) is 1.48. The molecular formula is C18H18ClNO4. The van der Waals surface area contributed by atoms with Gasteiger partial charge in [0.2, 0.25) is 0 Å². The predicted octanol–water partition coefficient (Wildman–Crippen LogP) is 4.20. The number of amides is 1. The largest absolute Gasteiger partial charge is 0.493 e. The Labute approximate surface area is 145 Å². The number of hydrogen-bond donors (Lipinski definition) is 1. The average Bonchev–Trinajstić information content (AvgIpc) is 2.56. The Morgan fingerprint density at radius 3 is 2.54 bits per heavy atom. The molecule has 0 atom stereocenters. The number of ether oxygens (including phenoxy) is 2. The molecule has 0 aliphatic rings. The van der Waals surface area contributed by atoms with Crippen LogP contribution in [0.15, 0.2) is 36.4 Å². The summed E-state index contributed by atoms with van der Waals surface area (Å²) in [5.41, 5.74) is 1.38. The molecule has 0 aliphatic carbocycles. The first kappa shape index (κ1) is 17.8. The number of hydrogen-bond acceptors (Lipinski definition) is 4. The number of Topliss-reactive ketones (excluding diaryl/α,β-unsaturated/α-hetero) is 1. The molecule has 2 aromatic rings. The van der Waals surface area contributed by atoms with Crippen LogP contribution in [0.4, 0.5) is 5.69 Å². The molecule has 5 nitrogen and oxygen atoms in total. The summed E-state index contributed by atoms with van der Waals surface area (Å²) in [4.78, 5) is 23.9. The average molecular weight is 348 g/mol. The first-order valence-electron chi connectivity index (χ1n) is 7.39. The number of benzene rings is 2. The van der Waals surface area contributed by atoms with Gasteiger partial charge in [0, 0.05) is 16.8 Å². The molecular weight excluding hydrogens is 330 g/mol. The van der Waals surface area contributed by atoms with Crippen molar-refractivity contribution >= 4 is 29.0 Å². The zero-order chi connectivity index (χ0) is 17.7. The van der Waals surface area contributed by atoms with Crippen LogP contribution in [0, 0.1) is 0 Å². The van der Waals surface area contributed by atoms with E-state index in [4.69, 9.17) is 21.1 Å². The number of methoxy groups -OCH3 is 1. The summed E-state index contributed by atoms with van der Waals surface area (Å²) >= 11 is 6.18. The standard InChI is InChI=1S/C18H18ClNO4/c1-4-24-17-15(19)9-13(10-16(17)23-3)18(22)20-14-7-5-6-12(8-14)11(2)21/h5-10H,4H2,1-3H3,(H,20,22). The fourth-order valence-electron chi connectivity index (χ4n) is 2.15. The molecule has 24 heavy (non-hydrogen) atoms. The molecule has 0 fully saturated rings. The summed E-state index contributed by atoms with van der Waals surface area (Å²) in [5.74, 6) is 0.347. The molecule has 1 N–H and O–H groups in total. The fourth-order valence-corrected chi connectivity index (χ4v) is 2.42. The third-order valence-electron chi connectivity index (χ3n) is 3.31. The predicted molar refractivity (Wildman–Crippen MR) is 93.6 cm³/mol. The Hall–Kier alpha value is -2.53. The van der Waals surface area contributed by atoms with Crippen molar-refractivity contribution < 1.29 is 19.1 Å². The second kappa shape index (κ2) is 7.84. The number of halogens is 1. The highest BCUT2D eigenvalue weighted by Crippen LogP contribution is 2.36. The minimum Gasteiger partial charge on any atom is -0.493 e. The molecule has 0 radical (unpaired) electrons. The number of nitrogens with one attached hydrogen (secondary N) is 1. The Morgan fingerprint density at radius 1 is 1.17 bits per heavy atom. The van der Waals surface area contributed by atoms with Crippen molar-refractivity contribution in [2.75, 3.05) is 19.0 Å². The van der Waals surface area contributed by atoms with Gasteiger partial charge < -0.3 is 14.8 Å². The van der Waals surface area contributed by atoms with Crippen molar-refractivity contribution in [3.8, 4) is 11.5 Å². The van der Waals surface area contributed by atoms with Crippen molar-refractivity contribution in [2.45, 2.75) is 13.8 Å². The van der Waals surface area contributed by atoms with Gasteiger partial charge in [-0.3, -0.25) is 9.59 Å². The van der Waals surface area contributed by atoms with E-state index in [9.17, 15) is 9.59 Å². The third-order valence-corrected chi connectivity index (χ3v) is 3.59. The van der Waals surface area contributed by atoms with Gasteiger partial charge in [-0.1, -0.05) is 23.7 Å². The molecule has 0 aromatic heterocycles. The smallest absolute Gasteiger partial charge is 0.255 e. The molecule has 6 heteroatoms. The molecule has 0 unspecified atom stereocenters. The molecule has 0 saturated carbocycles. The van der Waals surface area contributed by atoms with Gasteiger partial charge in [0.05, 0.1) is 18.7 Å². The molecule has 0 saturated heterocycles. The van der Waals surface area contributed by atoms with E-state index in [0.29, 0.717) is 39.9 Å². The van der Waals surface area contributed by atoms with Crippen LogP contribution in [0.5, 0.6) is 11.5 Å². The van der Waals surface area contributed by atoms with E-state index in [2.05, 4.69) is 5.32 Å². The summed E-state index contributed by atoms with van der Waals surface area (Å²) < 4.78 is 10.7. The minimum atomic E-state index is -0.362. The quantitative estimate of drug-likeness (QED) is 0.795. The van der Waals surface area contributed by atoms with E-state index >= 15 is 0 Å². The van der Waals surface area contributed by atoms with E-state index < -0.39 is 0 Å². The first-order valence-corrected chi connectivity index (χ1v) is 7.76. The van der Waals surface area contributed by atoms with Gasteiger partial charge in [0.25, 0.3) is 5.91 Å². The highest BCUT2D eigenvalue weighted by atomic mass is 35.5. The van der Waals surface area contributed by atoms with Crippen LogP contribution in [0.1, 0.15) is 34.6 Å². The SMILES string of the molecule is CCOc1c(Cl)cc(C(=O)Nc2cccc(C(C)=O)c2)cc1OC. The van der Waals surface area contributed by atoms with Gasteiger partial charge in [0.1, 0.15) is 0 Å². The fraction of sp³-hybridized carbons (Fsp3) is 0.222. The first-order chi connectivity index (χ1) is 11.5. The zero-order valence-electron chi connectivity index (χ0n) is 13.7. The molecule has 0 bridgehead atoms. The van der Waals surface area contributed by atoms with Crippen LogP contribution in [-0.2, 0) is 0 Å². The normalized spacial score (nSPS) is 10.2. The zero-order valence-corrected chi connectivity index (χ0v) is 14.4. The number of rotatable bonds is 6. The second-order valence-electron chi connectivity index (χ2n) is 5.01. The van der Waals surface area contributed by atoms with Gasteiger partial charge in [0.15, 0.2) is 17.3 Å². The van der Waals surface area contributed by atoms with E-state index in [1.54, 1.807) is 30.3 Å². The Bertz CT molecular complexity index is 774. The van der Waals surface area contributed by atoms with Gasteiger partial charge in [-0.25, -0.2) is 0 Å². The summed E-state index contributed by atoms with van der Waals surface area (Å²) in [6, 6.07) is 9.79. The van der Waals surface area contributed by atoms with E-state index in [1.165, 1.54) is 20.1 Å². The van der Waals surface area contributed by atoms with Crippen molar-refractivity contribution in [1.82, 2.24) is 0 Å². The maximum atomic E-state index is 12.4. The highest BCUT2D eigenvalue weighted by Gasteiger charge is 2.16.